The lowest BCUT2D eigenvalue weighted by Gasteiger charge is -2.37. The highest BCUT2D eigenvalue weighted by Gasteiger charge is 2.28. The van der Waals surface area contributed by atoms with Gasteiger partial charge in [-0.1, -0.05) is 43.1 Å². The molecule has 0 aliphatic carbocycles. The van der Waals surface area contributed by atoms with E-state index in [-0.39, 0.29) is 17.0 Å². The zero-order valence-corrected chi connectivity index (χ0v) is 21.2. The first kappa shape index (κ1) is 26.3. The van der Waals surface area contributed by atoms with Crippen molar-refractivity contribution in [2.75, 3.05) is 32.5 Å². The van der Waals surface area contributed by atoms with E-state index in [1.54, 1.807) is 36.4 Å². The second kappa shape index (κ2) is 11.9. The molecule has 2 aromatic rings. The van der Waals surface area contributed by atoms with E-state index in [0.29, 0.717) is 34.5 Å². The Bertz CT molecular complexity index is 1070. The number of hydrogen-bond acceptors (Lipinski definition) is 6. The standard InChI is InChI=1S/C24H33ClN4O4S/c1-3-7-23(28-34(31,32)18-8-5-4-6-9-18)29-12-10-17(11-13-29)16-27-24(30)19-14-20(25)21(26)15-22(19)33-2/h4-6,8-9,14-15,17,23,28H,3,7,10-13,16,26H2,1-2H3,(H,27,30). The van der Waals surface area contributed by atoms with Gasteiger partial charge in [0, 0.05) is 12.6 Å². The number of sulfonamides is 1. The summed E-state index contributed by atoms with van der Waals surface area (Å²) < 4.78 is 33.8. The number of hydrogen-bond donors (Lipinski definition) is 3. The van der Waals surface area contributed by atoms with Crippen LogP contribution in [-0.4, -0.2) is 52.1 Å². The molecule has 4 N–H and O–H groups in total. The Morgan fingerprint density at radius 3 is 2.53 bits per heavy atom. The Hall–Kier alpha value is -2.33. The van der Waals surface area contributed by atoms with Crippen LogP contribution in [-0.2, 0) is 10.0 Å². The number of nitrogens with two attached hydrogens (primary N) is 1. The van der Waals surface area contributed by atoms with Crippen molar-refractivity contribution < 1.29 is 17.9 Å². The Kier molecular flexibility index (Phi) is 9.18. The van der Waals surface area contributed by atoms with E-state index in [0.717, 1.165) is 38.8 Å². The van der Waals surface area contributed by atoms with Crippen LogP contribution in [0.5, 0.6) is 5.75 Å². The predicted molar refractivity (Wildman–Crippen MR) is 135 cm³/mol. The molecule has 3 rings (SSSR count). The third-order valence-corrected chi connectivity index (χ3v) is 7.91. The van der Waals surface area contributed by atoms with E-state index in [9.17, 15) is 13.2 Å². The van der Waals surface area contributed by atoms with Gasteiger partial charge in [-0.2, -0.15) is 4.72 Å². The molecule has 1 atom stereocenters. The van der Waals surface area contributed by atoms with Crippen LogP contribution in [0, 0.1) is 5.92 Å². The molecular formula is C24H33ClN4O4S. The minimum atomic E-state index is -3.59. The number of benzene rings is 2. The SMILES string of the molecule is CCCC(NS(=O)(=O)c1ccccc1)N1CCC(CNC(=O)c2cc(Cl)c(N)cc2OC)CC1. The number of nitrogen functional groups attached to an aromatic ring is 1. The van der Waals surface area contributed by atoms with Crippen molar-refractivity contribution in [3.8, 4) is 5.75 Å². The summed E-state index contributed by atoms with van der Waals surface area (Å²) in [6, 6.07) is 11.5. The maximum Gasteiger partial charge on any atom is 0.255 e. The summed E-state index contributed by atoms with van der Waals surface area (Å²) >= 11 is 6.08. The number of halogens is 1. The third-order valence-electron chi connectivity index (χ3n) is 6.11. The highest BCUT2D eigenvalue weighted by molar-refractivity contribution is 7.89. The van der Waals surface area contributed by atoms with E-state index < -0.39 is 10.0 Å². The van der Waals surface area contributed by atoms with Gasteiger partial charge in [0.05, 0.1) is 34.4 Å². The van der Waals surface area contributed by atoms with Crippen LogP contribution in [0.2, 0.25) is 5.02 Å². The summed E-state index contributed by atoms with van der Waals surface area (Å²) in [6.45, 7) is 4.06. The molecule has 1 unspecified atom stereocenters. The predicted octanol–water partition coefficient (Wildman–Crippen LogP) is 3.48. The number of carbonyl (C=O) groups excluding carboxylic acids is 1. The van der Waals surface area contributed by atoms with Crippen LogP contribution < -0.4 is 20.5 Å². The minimum Gasteiger partial charge on any atom is -0.496 e. The van der Waals surface area contributed by atoms with Crippen molar-refractivity contribution in [2.24, 2.45) is 5.92 Å². The van der Waals surface area contributed by atoms with Crippen molar-refractivity contribution in [1.29, 1.82) is 0 Å². The number of carbonyl (C=O) groups is 1. The molecule has 0 radical (unpaired) electrons. The van der Waals surface area contributed by atoms with Crippen molar-refractivity contribution in [3.05, 3.63) is 53.1 Å². The summed E-state index contributed by atoms with van der Waals surface area (Å²) in [4.78, 5) is 15.2. The van der Waals surface area contributed by atoms with Crippen LogP contribution in [0.4, 0.5) is 5.69 Å². The van der Waals surface area contributed by atoms with E-state index in [2.05, 4.69) is 14.9 Å². The molecule has 186 valence electrons. The molecule has 2 aromatic carbocycles. The lowest BCUT2D eigenvalue weighted by molar-refractivity contribution is 0.0911. The first-order chi connectivity index (χ1) is 16.2. The second-order valence-electron chi connectivity index (χ2n) is 8.50. The number of nitrogens with one attached hydrogen (secondary N) is 2. The molecule has 1 aliphatic rings. The zero-order chi connectivity index (χ0) is 24.7. The van der Waals surface area contributed by atoms with Crippen molar-refractivity contribution in [3.63, 3.8) is 0 Å². The van der Waals surface area contributed by atoms with Crippen molar-refractivity contribution in [2.45, 2.75) is 43.7 Å². The van der Waals surface area contributed by atoms with Crippen LogP contribution in [0.25, 0.3) is 0 Å². The Morgan fingerprint density at radius 2 is 1.91 bits per heavy atom. The normalized spacial score (nSPS) is 16.2. The molecule has 1 aliphatic heterocycles. The highest BCUT2D eigenvalue weighted by atomic mass is 35.5. The molecule has 0 aromatic heterocycles. The highest BCUT2D eigenvalue weighted by Crippen LogP contribution is 2.29. The Balaban J connectivity index is 1.55. The zero-order valence-electron chi connectivity index (χ0n) is 19.6. The maximum atomic E-state index is 12.8. The van der Waals surface area contributed by atoms with E-state index in [4.69, 9.17) is 22.1 Å². The molecule has 1 saturated heterocycles. The lowest BCUT2D eigenvalue weighted by atomic mass is 9.96. The van der Waals surface area contributed by atoms with Crippen molar-refractivity contribution in [1.82, 2.24) is 14.9 Å². The molecule has 10 heteroatoms. The van der Waals surface area contributed by atoms with Gasteiger partial charge in [0.15, 0.2) is 0 Å². The van der Waals surface area contributed by atoms with E-state index >= 15 is 0 Å². The third kappa shape index (κ3) is 6.63. The molecule has 1 heterocycles. The molecule has 1 amide bonds. The average Bonchev–Trinajstić information content (AvgIpc) is 2.84. The molecule has 1 fully saturated rings. The van der Waals surface area contributed by atoms with Gasteiger partial charge in [0.25, 0.3) is 5.91 Å². The summed E-state index contributed by atoms with van der Waals surface area (Å²) in [7, 11) is -2.11. The fraction of sp³-hybridized carbons (Fsp3) is 0.458. The Morgan fingerprint density at radius 1 is 1.24 bits per heavy atom. The van der Waals surface area contributed by atoms with Gasteiger partial charge in [0.2, 0.25) is 10.0 Å². The topological polar surface area (TPSA) is 114 Å². The smallest absolute Gasteiger partial charge is 0.255 e. The largest absolute Gasteiger partial charge is 0.496 e. The molecule has 0 bridgehead atoms. The van der Waals surface area contributed by atoms with Crippen molar-refractivity contribution >= 4 is 33.2 Å². The van der Waals surface area contributed by atoms with Gasteiger partial charge in [-0.05, 0) is 56.5 Å². The van der Waals surface area contributed by atoms with Gasteiger partial charge in [-0.3, -0.25) is 9.69 Å². The summed E-state index contributed by atoms with van der Waals surface area (Å²) in [5.41, 5.74) is 6.49. The monoisotopic (exact) mass is 508 g/mol. The minimum absolute atomic E-state index is 0.257. The fourth-order valence-electron chi connectivity index (χ4n) is 4.15. The number of amides is 1. The molecule has 34 heavy (non-hydrogen) atoms. The van der Waals surface area contributed by atoms with Crippen LogP contribution >= 0.6 is 11.6 Å². The molecular weight excluding hydrogens is 476 g/mol. The van der Waals surface area contributed by atoms with Gasteiger partial charge in [-0.25, -0.2) is 8.42 Å². The number of likely N-dealkylation sites (tertiary alicyclic amines) is 1. The lowest BCUT2D eigenvalue weighted by Crippen LogP contribution is -2.51. The Labute approximate surface area is 206 Å². The first-order valence-corrected chi connectivity index (χ1v) is 13.3. The molecule has 8 nitrogen and oxygen atoms in total. The van der Waals surface area contributed by atoms with Gasteiger partial charge in [0.1, 0.15) is 5.75 Å². The van der Waals surface area contributed by atoms with E-state index in [1.165, 1.54) is 13.2 Å². The van der Waals surface area contributed by atoms with Gasteiger partial charge in [-0.15, -0.1) is 0 Å². The summed E-state index contributed by atoms with van der Waals surface area (Å²) in [5, 5.41) is 3.28. The van der Waals surface area contributed by atoms with Crippen LogP contribution in [0.15, 0.2) is 47.4 Å². The van der Waals surface area contributed by atoms with Gasteiger partial charge < -0.3 is 15.8 Å². The average molecular weight is 509 g/mol. The maximum absolute atomic E-state index is 12.8. The summed E-state index contributed by atoms with van der Waals surface area (Å²) in [6.07, 6.45) is 3.04. The van der Waals surface area contributed by atoms with Gasteiger partial charge >= 0.3 is 0 Å². The van der Waals surface area contributed by atoms with E-state index in [1.807, 2.05) is 6.92 Å². The second-order valence-corrected chi connectivity index (χ2v) is 10.6. The van der Waals surface area contributed by atoms with Crippen LogP contribution in [0.1, 0.15) is 43.0 Å². The number of anilines is 1. The number of methoxy groups -OCH3 is 1. The number of ether oxygens (including phenoxy) is 1. The van der Waals surface area contributed by atoms with Crippen LogP contribution in [0.3, 0.4) is 0 Å². The molecule has 0 saturated carbocycles. The number of nitrogens with zero attached hydrogens (tertiary/aromatic N) is 1. The quantitative estimate of drug-likeness (QED) is 0.423. The molecule has 0 spiro atoms. The fourth-order valence-corrected chi connectivity index (χ4v) is 5.59. The summed E-state index contributed by atoms with van der Waals surface area (Å²) in [5.74, 6) is 0.409. The number of piperidine rings is 1. The first-order valence-electron chi connectivity index (χ1n) is 11.5. The number of rotatable bonds is 10.